The molecule has 0 aromatic heterocycles. The van der Waals surface area contributed by atoms with Crippen LogP contribution in [0.3, 0.4) is 0 Å². The zero-order valence-corrected chi connectivity index (χ0v) is 15.1. The van der Waals surface area contributed by atoms with Crippen molar-refractivity contribution < 1.29 is 4.74 Å². The van der Waals surface area contributed by atoms with E-state index in [1.807, 2.05) is 13.1 Å². The fraction of sp³-hybridized carbons (Fsp3) is 0.611. The van der Waals surface area contributed by atoms with Gasteiger partial charge < -0.3 is 10.2 Å². The Balaban J connectivity index is 1.38. The predicted molar refractivity (Wildman–Crippen MR) is 100.0 cm³/mol. The Hall–Kier alpha value is -1.67. The number of nitrogens with one attached hydrogen (secondary N) is 2. The van der Waals surface area contributed by atoms with Gasteiger partial charge >= 0.3 is 0 Å². The Morgan fingerprint density at radius 1 is 1.32 bits per heavy atom. The molecule has 2 heterocycles. The first-order valence-electron chi connectivity index (χ1n) is 9.17. The fourth-order valence-electron chi connectivity index (χ4n) is 3.21. The van der Waals surface area contributed by atoms with E-state index in [-0.39, 0.29) is 0 Å². The van der Waals surface area contributed by atoms with E-state index in [1.54, 1.807) is 11.3 Å². The summed E-state index contributed by atoms with van der Waals surface area (Å²) in [4.78, 5) is 6.71. The SMILES string of the molecule is CN1NC=NC1(N)NCCCOc1cccc(CN2CCCCC2)c1. The smallest absolute Gasteiger partial charge is 0.241 e. The molecule has 25 heavy (non-hydrogen) atoms. The Morgan fingerprint density at radius 2 is 2.16 bits per heavy atom. The molecule has 1 atom stereocenters. The largest absolute Gasteiger partial charge is 0.494 e. The lowest BCUT2D eigenvalue weighted by Gasteiger charge is -2.29. The summed E-state index contributed by atoms with van der Waals surface area (Å²) < 4.78 is 5.89. The van der Waals surface area contributed by atoms with E-state index >= 15 is 0 Å². The first-order valence-corrected chi connectivity index (χ1v) is 9.17. The molecule has 1 saturated heterocycles. The molecule has 0 radical (unpaired) electrons. The van der Waals surface area contributed by atoms with Gasteiger partial charge in [0.25, 0.3) is 0 Å². The average molecular weight is 346 g/mol. The van der Waals surface area contributed by atoms with Gasteiger partial charge in [-0.3, -0.25) is 16.0 Å². The number of piperidine rings is 1. The molecule has 4 N–H and O–H groups in total. The number of hydrogen-bond donors (Lipinski definition) is 3. The maximum atomic E-state index is 6.11. The topological polar surface area (TPSA) is 78.1 Å². The van der Waals surface area contributed by atoms with Crippen molar-refractivity contribution in [2.45, 2.75) is 38.1 Å². The van der Waals surface area contributed by atoms with Gasteiger partial charge in [0.15, 0.2) is 0 Å². The van der Waals surface area contributed by atoms with Gasteiger partial charge in [0, 0.05) is 20.1 Å². The third kappa shape index (κ3) is 5.15. The molecule has 7 heteroatoms. The molecule has 1 unspecified atom stereocenters. The van der Waals surface area contributed by atoms with Crippen molar-refractivity contribution in [3.63, 3.8) is 0 Å². The zero-order valence-electron chi connectivity index (χ0n) is 15.1. The molecular formula is C18H30N6O. The van der Waals surface area contributed by atoms with Crippen molar-refractivity contribution in [1.29, 1.82) is 0 Å². The van der Waals surface area contributed by atoms with Crippen molar-refractivity contribution in [2.75, 3.05) is 33.3 Å². The van der Waals surface area contributed by atoms with E-state index < -0.39 is 5.91 Å². The van der Waals surface area contributed by atoms with Crippen LogP contribution in [-0.2, 0) is 6.54 Å². The van der Waals surface area contributed by atoms with Crippen LogP contribution in [0.1, 0.15) is 31.2 Å². The molecule has 0 amide bonds. The van der Waals surface area contributed by atoms with Crippen LogP contribution in [0.15, 0.2) is 29.3 Å². The van der Waals surface area contributed by atoms with Gasteiger partial charge in [-0.2, -0.15) is 5.01 Å². The number of aliphatic imine (C=N–C) groups is 1. The normalized spacial score (nSPS) is 24.4. The Labute approximate surface area is 150 Å². The summed E-state index contributed by atoms with van der Waals surface area (Å²) in [7, 11) is 1.85. The van der Waals surface area contributed by atoms with Crippen molar-refractivity contribution in [2.24, 2.45) is 10.7 Å². The monoisotopic (exact) mass is 346 g/mol. The van der Waals surface area contributed by atoms with Gasteiger partial charge in [0.1, 0.15) is 12.1 Å². The minimum atomic E-state index is -0.867. The number of benzene rings is 1. The quantitative estimate of drug-likeness (QED) is 0.483. The van der Waals surface area contributed by atoms with Gasteiger partial charge in [0.2, 0.25) is 5.91 Å². The Morgan fingerprint density at radius 3 is 2.92 bits per heavy atom. The number of hydrogen-bond acceptors (Lipinski definition) is 7. The van der Waals surface area contributed by atoms with Crippen LogP contribution < -0.4 is 21.2 Å². The second-order valence-corrected chi connectivity index (χ2v) is 6.79. The molecule has 1 fully saturated rings. The van der Waals surface area contributed by atoms with E-state index in [9.17, 15) is 0 Å². The van der Waals surface area contributed by atoms with Crippen LogP contribution >= 0.6 is 0 Å². The number of nitrogens with zero attached hydrogens (tertiary/aromatic N) is 3. The highest BCUT2D eigenvalue weighted by molar-refractivity contribution is 5.56. The summed E-state index contributed by atoms with van der Waals surface area (Å²) in [5.41, 5.74) is 10.4. The molecule has 2 aliphatic rings. The maximum absolute atomic E-state index is 6.11. The van der Waals surface area contributed by atoms with Gasteiger partial charge in [-0.1, -0.05) is 18.6 Å². The van der Waals surface area contributed by atoms with Crippen molar-refractivity contribution in [3.8, 4) is 5.75 Å². The van der Waals surface area contributed by atoms with Crippen LogP contribution in [0.2, 0.25) is 0 Å². The third-order valence-corrected chi connectivity index (χ3v) is 4.75. The highest BCUT2D eigenvalue weighted by Gasteiger charge is 2.31. The highest BCUT2D eigenvalue weighted by Crippen LogP contribution is 2.17. The molecule has 0 bridgehead atoms. The van der Waals surface area contributed by atoms with Crippen molar-refractivity contribution >= 4 is 6.34 Å². The van der Waals surface area contributed by atoms with E-state index in [1.165, 1.54) is 37.9 Å². The summed E-state index contributed by atoms with van der Waals surface area (Å²) in [6.45, 7) is 4.82. The summed E-state index contributed by atoms with van der Waals surface area (Å²) >= 11 is 0. The Bertz CT molecular complexity index is 574. The van der Waals surface area contributed by atoms with Gasteiger partial charge in [-0.05, 0) is 50.0 Å². The lowest BCUT2D eigenvalue weighted by atomic mass is 10.1. The minimum Gasteiger partial charge on any atom is -0.494 e. The average Bonchev–Trinajstić information content (AvgIpc) is 2.95. The Kier molecular flexibility index (Phi) is 6.25. The summed E-state index contributed by atoms with van der Waals surface area (Å²) in [6.07, 6.45) is 6.46. The second kappa shape index (κ2) is 8.62. The standard InChI is InChI=1S/C18H30N6O/c1-23-18(19,21-15-22-23)20-9-6-12-25-17-8-5-7-16(13-17)14-24-10-3-2-4-11-24/h5,7-8,13,15,20H,2-4,6,9-12,14,19H2,1H3,(H,21,22). The summed E-state index contributed by atoms with van der Waals surface area (Å²) in [5.74, 6) is 0.0728. The molecule has 1 aromatic carbocycles. The first-order chi connectivity index (χ1) is 12.2. The first kappa shape index (κ1) is 18.1. The van der Waals surface area contributed by atoms with Gasteiger partial charge in [0.05, 0.1) is 6.61 Å². The maximum Gasteiger partial charge on any atom is 0.241 e. The molecule has 2 aliphatic heterocycles. The van der Waals surface area contributed by atoms with E-state index in [2.05, 4.69) is 38.8 Å². The molecule has 1 aromatic rings. The number of rotatable bonds is 8. The minimum absolute atomic E-state index is 0.650. The van der Waals surface area contributed by atoms with Crippen LogP contribution in [-0.4, -0.2) is 55.4 Å². The predicted octanol–water partition coefficient (Wildman–Crippen LogP) is 1.08. The van der Waals surface area contributed by atoms with Gasteiger partial charge in [-0.15, -0.1) is 0 Å². The molecular weight excluding hydrogens is 316 g/mol. The molecule has 0 aliphatic carbocycles. The molecule has 0 spiro atoms. The molecule has 0 saturated carbocycles. The van der Waals surface area contributed by atoms with E-state index in [0.717, 1.165) is 25.3 Å². The van der Waals surface area contributed by atoms with Crippen LogP contribution in [0.4, 0.5) is 0 Å². The van der Waals surface area contributed by atoms with Crippen LogP contribution in [0.5, 0.6) is 5.75 Å². The van der Waals surface area contributed by atoms with Crippen LogP contribution in [0.25, 0.3) is 0 Å². The number of ether oxygens (including phenoxy) is 1. The third-order valence-electron chi connectivity index (χ3n) is 4.75. The highest BCUT2D eigenvalue weighted by atomic mass is 16.5. The van der Waals surface area contributed by atoms with E-state index in [4.69, 9.17) is 10.5 Å². The summed E-state index contributed by atoms with van der Waals surface area (Å²) in [6, 6.07) is 8.44. The van der Waals surface area contributed by atoms with Crippen LogP contribution in [0, 0.1) is 0 Å². The molecule has 7 nitrogen and oxygen atoms in total. The molecule has 138 valence electrons. The fourth-order valence-corrected chi connectivity index (χ4v) is 3.21. The second-order valence-electron chi connectivity index (χ2n) is 6.79. The van der Waals surface area contributed by atoms with Gasteiger partial charge in [-0.25, -0.2) is 4.99 Å². The number of nitrogens with two attached hydrogens (primary N) is 1. The lowest BCUT2D eigenvalue weighted by Crippen LogP contribution is -2.63. The zero-order chi connectivity index (χ0) is 17.5. The lowest BCUT2D eigenvalue weighted by molar-refractivity contribution is 0.0899. The summed E-state index contributed by atoms with van der Waals surface area (Å²) in [5, 5.41) is 4.95. The van der Waals surface area contributed by atoms with Crippen molar-refractivity contribution in [1.82, 2.24) is 20.7 Å². The van der Waals surface area contributed by atoms with E-state index in [0.29, 0.717) is 6.61 Å². The number of likely N-dealkylation sites (tertiary alicyclic amines) is 1. The van der Waals surface area contributed by atoms with Crippen molar-refractivity contribution in [3.05, 3.63) is 29.8 Å². The molecule has 3 rings (SSSR count). The number of hydrazine groups is 1.